The molecular formula is C22H20Br2ClN7O3. The van der Waals surface area contributed by atoms with E-state index in [1.54, 1.807) is 6.21 Å². The minimum Gasteiger partial charge on any atom is -0.454 e. The minimum absolute atomic E-state index is 0.202. The van der Waals surface area contributed by atoms with E-state index in [-0.39, 0.29) is 12.7 Å². The van der Waals surface area contributed by atoms with Gasteiger partial charge in [-0.05, 0) is 68.6 Å². The topological polar surface area (TPSA) is 106 Å². The molecule has 1 aromatic heterocycles. The monoisotopic (exact) mass is 623 g/mol. The first kappa shape index (κ1) is 24.0. The SMILES string of the molecule is Cc1cc(Br)c(Nc2nc(NN=Cc3cc4c(cc3Br)OCO4)nc(N3CCOCC3)n2)cc1Cl. The van der Waals surface area contributed by atoms with Crippen LogP contribution in [-0.4, -0.2) is 54.3 Å². The van der Waals surface area contributed by atoms with E-state index in [0.717, 1.165) is 25.8 Å². The fourth-order valence-corrected chi connectivity index (χ4v) is 4.57. The zero-order valence-electron chi connectivity index (χ0n) is 18.5. The van der Waals surface area contributed by atoms with E-state index in [1.807, 2.05) is 36.1 Å². The highest BCUT2D eigenvalue weighted by Crippen LogP contribution is 2.36. The van der Waals surface area contributed by atoms with Gasteiger partial charge < -0.3 is 24.4 Å². The van der Waals surface area contributed by atoms with Crippen LogP contribution in [0.2, 0.25) is 5.02 Å². The van der Waals surface area contributed by atoms with Crippen molar-refractivity contribution in [1.29, 1.82) is 0 Å². The Morgan fingerprint density at radius 1 is 1.00 bits per heavy atom. The van der Waals surface area contributed by atoms with Crippen LogP contribution >= 0.6 is 43.5 Å². The third-order valence-corrected chi connectivity index (χ3v) is 7.02. The molecule has 0 bridgehead atoms. The maximum absolute atomic E-state index is 6.32. The van der Waals surface area contributed by atoms with Gasteiger partial charge in [0.25, 0.3) is 0 Å². The van der Waals surface area contributed by atoms with Crippen LogP contribution in [0.15, 0.2) is 38.3 Å². The fourth-order valence-electron chi connectivity index (χ4n) is 3.43. The molecule has 5 rings (SSSR count). The number of hydrogen-bond acceptors (Lipinski definition) is 10. The smallest absolute Gasteiger partial charge is 0.250 e. The molecular weight excluding hydrogens is 606 g/mol. The molecule has 2 N–H and O–H groups in total. The number of ether oxygens (including phenoxy) is 3. The molecule has 13 heteroatoms. The van der Waals surface area contributed by atoms with Crippen LogP contribution in [0.1, 0.15) is 11.1 Å². The standard InChI is InChI=1S/C22H20Br2ClN7O3/c1-12-6-15(24)17(9-16(12)25)27-20-28-21(30-22(29-20)32-2-4-33-5-3-32)31-26-10-13-7-18-19(8-14(13)23)35-11-34-18/h6-10H,2-5,11H2,1H3,(H2,27,28,29,30,31). The van der Waals surface area contributed by atoms with Crippen molar-refractivity contribution in [2.24, 2.45) is 5.10 Å². The third kappa shape index (κ3) is 5.61. The first-order valence-electron chi connectivity index (χ1n) is 10.7. The van der Waals surface area contributed by atoms with Gasteiger partial charge in [-0.1, -0.05) is 11.6 Å². The summed E-state index contributed by atoms with van der Waals surface area (Å²) in [5, 5.41) is 8.18. The second-order valence-electron chi connectivity index (χ2n) is 7.69. The molecule has 2 aliphatic rings. The molecule has 2 aromatic carbocycles. The molecule has 0 aliphatic carbocycles. The van der Waals surface area contributed by atoms with Gasteiger partial charge in [0.15, 0.2) is 11.5 Å². The number of morpholine rings is 1. The van der Waals surface area contributed by atoms with Crippen molar-refractivity contribution in [3.05, 3.63) is 49.4 Å². The van der Waals surface area contributed by atoms with Crippen LogP contribution in [0.25, 0.3) is 0 Å². The van der Waals surface area contributed by atoms with Crippen LogP contribution in [0.4, 0.5) is 23.5 Å². The average molecular weight is 626 g/mol. The first-order chi connectivity index (χ1) is 17.0. The molecule has 35 heavy (non-hydrogen) atoms. The van der Waals surface area contributed by atoms with Crippen LogP contribution < -0.4 is 25.1 Å². The van der Waals surface area contributed by atoms with Crippen LogP contribution in [-0.2, 0) is 4.74 Å². The molecule has 3 heterocycles. The largest absolute Gasteiger partial charge is 0.454 e. The molecule has 0 radical (unpaired) electrons. The maximum atomic E-state index is 6.32. The average Bonchev–Trinajstić information content (AvgIpc) is 3.30. The second kappa shape index (κ2) is 10.5. The predicted molar refractivity (Wildman–Crippen MR) is 142 cm³/mol. The molecule has 182 valence electrons. The Morgan fingerprint density at radius 2 is 1.74 bits per heavy atom. The maximum Gasteiger partial charge on any atom is 0.250 e. The van der Waals surface area contributed by atoms with E-state index >= 15 is 0 Å². The summed E-state index contributed by atoms with van der Waals surface area (Å²) < 4.78 is 18.0. The Balaban J connectivity index is 1.41. The number of hydrazone groups is 1. The van der Waals surface area contributed by atoms with Gasteiger partial charge in [0.1, 0.15) is 0 Å². The summed E-state index contributed by atoms with van der Waals surface area (Å²) in [4.78, 5) is 15.7. The van der Waals surface area contributed by atoms with Gasteiger partial charge in [-0.15, -0.1) is 0 Å². The number of nitrogens with zero attached hydrogens (tertiary/aromatic N) is 5. The van der Waals surface area contributed by atoms with Crippen molar-refractivity contribution in [2.45, 2.75) is 6.92 Å². The normalized spacial score (nSPS) is 15.0. The number of aryl methyl sites for hydroxylation is 1. The summed E-state index contributed by atoms with van der Waals surface area (Å²) in [6.45, 7) is 4.70. The minimum atomic E-state index is 0.202. The van der Waals surface area contributed by atoms with Crippen molar-refractivity contribution in [1.82, 2.24) is 15.0 Å². The first-order valence-corrected chi connectivity index (χ1v) is 12.6. The molecule has 2 aliphatic heterocycles. The molecule has 0 unspecified atom stereocenters. The van der Waals surface area contributed by atoms with Crippen LogP contribution in [0.3, 0.4) is 0 Å². The number of fused-ring (bicyclic) bond motifs is 1. The van der Waals surface area contributed by atoms with E-state index in [2.05, 4.69) is 62.7 Å². The summed E-state index contributed by atoms with van der Waals surface area (Å²) in [6.07, 6.45) is 1.65. The van der Waals surface area contributed by atoms with Gasteiger partial charge in [0.2, 0.25) is 24.6 Å². The summed E-state index contributed by atoms with van der Waals surface area (Å²) in [7, 11) is 0. The highest BCUT2D eigenvalue weighted by molar-refractivity contribution is 9.11. The molecule has 3 aromatic rings. The van der Waals surface area contributed by atoms with Crippen LogP contribution in [0.5, 0.6) is 11.5 Å². The zero-order valence-corrected chi connectivity index (χ0v) is 22.4. The summed E-state index contributed by atoms with van der Waals surface area (Å²) in [5.74, 6) is 2.50. The molecule has 0 amide bonds. The van der Waals surface area contributed by atoms with Gasteiger partial charge in [0, 0.05) is 32.6 Å². The predicted octanol–water partition coefficient (Wildman–Crippen LogP) is 5.11. The number of nitrogens with one attached hydrogen (secondary N) is 2. The molecule has 0 atom stereocenters. The zero-order chi connectivity index (χ0) is 24.4. The number of anilines is 4. The third-order valence-electron chi connectivity index (χ3n) is 5.27. The lowest BCUT2D eigenvalue weighted by molar-refractivity contribution is 0.122. The summed E-state index contributed by atoms with van der Waals surface area (Å²) in [6, 6.07) is 7.44. The van der Waals surface area contributed by atoms with E-state index in [0.29, 0.717) is 54.7 Å². The fraction of sp³-hybridized carbons (Fsp3) is 0.273. The summed E-state index contributed by atoms with van der Waals surface area (Å²) in [5.41, 5.74) is 5.41. The van der Waals surface area contributed by atoms with Gasteiger partial charge >= 0.3 is 0 Å². The van der Waals surface area contributed by atoms with E-state index < -0.39 is 0 Å². The van der Waals surface area contributed by atoms with E-state index in [4.69, 9.17) is 25.8 Å². The second-order valence-corrected chi connectivity index (χ2v) is 9.80. The Morgan fingerprint density at radius 3 is 2.54 bits per heavy atom. The van der Waals surface area contributed by atoms with Gasteiger partial charge in [0.05, 0.1) is 25.1 Å². The Hall–Kier alpha value is -2.67. The summed E-state index contributed by atoms with van der Waals surface area (Å²) >= 11 is 13.4. The number of benzene rings is 2. The van der Waals surface area contributed by atoms with Crippen molar-refractivity contribution in [3.8, 4) is 11.5 Å². The van der Waals surface area contributed by atoms with Crippen molar-refractivity contribution >= 4 is 73.2 Å². The Kier molecular flexibility index (Phi) is 7.23. The molecule has 0 saturated carbocycles. The number of aromatic nitrogens is 3. The highest BCUT2D eigenvalue weighted by atomic mass is 79.9. The van der Waals surface area contributed by atoms with Gasteiger partial charge in [-0.2, -0.15) is 20.1 Å². The molecule has 1 fully saturated rings. The van der Waals surface area contributed by atoms with Crippen molar-refractivity contribution in [3.63, 3.8) is 0 Å². The Labute approximate surface area is 223 Å². The lowest BCUT2D eigenvalue weighted by Gasteiger charge is -2.27. The molecule has 0 spiro atoms. The molecule has 10 nitrogen and oxygen atoms in total. The lowest BCUT2D eigenvalue weighted by atomic mass is 10.2. The Bertz CT molecular complexity index is 1290. The number of rotatable bonds is 6. The quantitative estimate of drug-likeness (QED) is 0.286. The van der Waals surface area contributed by atoms with Crippen molar-refractivity contribution in [2.75, 3.05) is 48.7 Å². The van der Waals surface area contributed by atoms with Gasteiger partial charge in [-0.3, -0.25) is 0 Å². The lowest BCUT2D eigenvalue weighted by Crippen LogP contribution is -2.37. The van der Waals surface area contributed by atoms with Gasteiger partial charge in [-0.25, -0.2) is 5.43 Å². The van der Waals surface area contributed by atoms with Crippen molar-refractivity contribution < 1.29 is 14.2 Å². The molecule has 1 saturated heterocycles. The number of halogens is 3. The van der Waals surface area contributed by atoms with E-state index in [9.17, 15) is 0 Å². The van der Waals surface area contributed by atoms with Crippen LogP contribution in [0, 0.1) is 6.92 Å². The van der Waals surface area contributed by atoms with E-state index in [1.165, 1.54) is 0 Å². The highest BCUT2D eigenvalue weighted by Gasteiger charge is 2.18. The number of hydrogen-bond donors (Lipinski definition) is 2.